The van der Waals surface area contributed by atoms with Crippen LogP contribution in [0.4, 0.5) is 0 Å². The molecule has 0 bridgehead atoms. The molecule has 2 nitrogen and oxygen atoms in total. The Bertz CT molecular complexity index is 197. The molecular formula is C9H14O2. The van der Waals surface area contributed by atoms with Gasteiger partial charge in [0, 0.05) is 7.11 Å². The fraction of sp³-hybridized carbons (Fsp3) is 0.333. The molecule has 0 saturated heterocycles. The predicted molar refractivity (Wildman–Crippen MR) is 45.9 cm³/mol. The van der Waals surface area contributed by atoms with Crippen LogP contribution in [0.2, 0.25) is 0 Å². The highest BCUT2D eigenvalue weighted by molar-refractivity contribution is 5.27. The third-order valence-corrected chi connectivity index (χ3v) is 1.23. The van der Waals surface area contributed by atoms with Gasteiger partial charge in [0.25, 0.3) is 0 Å². The van der Waals surface area contributed by atoms with Crippen LogP contribution in [-0.2, 0) is 0 Å². The van der Waals surface area contributed by atoms with Crippen molar-refractivity contribution in [2.45, 2.75) is 6.92 Å². The molecule has 0 spiro atoms. The summed E-state index contributed by atoms with van der Waals surface area (Å²) in [5, 5.41) is 7.00. The maximum atomic E-state index is 7.00. The molecule has 0 unspecified atom stereocenters. The predicted octanol–water partition coefficient (Wildman–Crippen LogP) is 1.61. The van der Waals surface area contributed by atoms with Crippen molar-refractivity contribution in [3.8, 4) is 5.75 Å². The van der Waals surface area contributed by atoms with Crippen molar-refractivity contribution in [1.82, 2.24) is 0 Å². The second-order valence-corrected chi connectivity index (χ2v) is 2.02. The third kappa shape index (κ3) is 3.63. The van der Waals surface area contributed by atoms with Crippen LogP contribution in [0.25, 0.3) is 0 Å². The fourth-order valence-electron chi connectivity index (χ4n) is 0.742. The van der Waals surface area contributed by atoms with Gasteiger partial charge in [-0.25, -0.2) is 0 Å². The molecule has 1 rings (SSSR count). The topological polar surface area (TPSA) is 29.5 Å². The average Bonchev–Trinajstić information content (AvgIpc) is 2.08. The van der Waals surface area contributed by atoms with Crippen molar-refractivity contribution in [2.24, 2.45) is 0 Å². The van der Waals surface area contributed by atoms with Crippen LogP contribution >= 0.6 is 0 Å². The molecule has 0 saturated carbocycles. The van der Waals surface area contributed by atoms with Crippen molar-refractivity contribution < 1.29 is 9.84 Å². The summed E-state index contributed by atoms with van der Waals surface area (Å²) in [6.45, 7) is 2.04. The van der Waals surface area contributed by atoms with Crippen molar-refractivity contribution in [3.63, 3.8) is 0 Å². The van der Waals surface area contributed by atoms with Gasteiger partial charge < -0.3 is 9.84 Å². The molecular weight excluding hydrogens is 140 g/mol. The van der Waals surface area contributed by atoms with E-state index in [1.165, 1.54) is 5.56 Å². The molecule has 2 heteroatoms. The Kier molecular flexibility index (Phi) is 5.21. The molecule has 0 fully saturated rings. The summed E-state index contributed by atoms with van der Waals surface area (Å²) in [7, 11) is 2.68. The smallest absolute Gasteiger partial charge is 0.119 e. The lowest BCUT2D eigenvalue weighted by atomic mass is 10.2. The Morgan fingerprint density at radius 2 is 1.91 bits per heavy atom. The molecule has 0 aliphatic carbocycles. The van der Waals surface area contributed by atoms with Crippen LogP contribution in [0.5, 0.6) is 5.75 Å². The van der Waals surface area contributed by atoms with Gasteiger partial charge in [0.05, 0.1) is 7.11 Å². The van der Waals surface area contributed by atoms with E-state index in [2.05, 4.69) is 0 Å². The number of aliphatic hydroxyl groups is 1. The maximum absolute atomic E-state index is 7.00. The molecule has 62 valence electrons. The van der Waals surface area contributed by atoms with E-state index in [1.54, 1.807) is 7.11 Å². The van der Waals surface area contributed by atoms with Crippen LogP contribution < -0.4 is 4.74 Å². The number of hydrogen-bond donors (Lipinski definition) is 1. The first-order valence-corrected chi connectivity index (χ1v) is 3.38. The zero-order chi connectivity index (χ0) is 8.69. The molecule has 0 aromatic heterocycles. The zero-order valence-corrected chi connectivity index (χ0v) is 7.16. The van der Waals surface area contributed by atoms with E-state index in [1.807, 2.05) is 31.2 Å². The first-order valence-electron chi connectivity index (χ1n) is 3.38. The van der Waals surface area contributed by atoms with Gasteiger partial charge in [0.2, 0.25) is 0 Å². The quantitative estimate of drug-likeness (QED) is 0.666. The van der Waals surface area contributed by atoms with Crippen molar-refractivity contribution >= 4 is 0 Å². The summed E-state index contributed by atoms with van der Waals surface area (Å²) in [6, 6.07) is 7.96. The Morgan fingerprint density at radius 1 is 1.27 bits per heavy atom. The lowest BCUT2D eigenvalue weighted by Crippen LogP contribution is -1.81. The minimum atomic E-state index is 0.926. The Morgan fingerprint density at radius 3 is 2.27 bits per heavy atom. The molecule has 0 aliphatic heterocycles. The number of ether oxygens (including phenoxy) is 1. The van der Waals surface area contributed by atoms with Crippen LogP contribution in [0.3, 0.4) is 0 Å². The normalized spacial score (nSPS) is 8.00. The van der Waals surface area contributed by atoms with E-state index in [4.69, 9.17) is 9.84 Å². The molecule has 11 heavy (non-hydrogen) atoms. The number of aliphatic hydroxyl groups excluding tert-OH is 1. The highest BCUT2D eigenvalue weighted by Crippen LogP contribution is 2.10. The minimum absolute atomic E-state index is 0.926. The molecule has 0 heterocycles. The standard InChI is InChI=1S/C8H10O.CH4O/c1-7-4-3-5-8(6-7)9-2;1-2/h3-6H,1-2H3;2H,1H3. The summed E-state index contributed by atoms with van der Waals surface area (Å²) in [5.74, 6) is 0.926. The number of aryl methyl sites for hydroxylation is 1. The molecule has 1 aromatic carbocycles. The number of methoxy groups -OCH3 is 1. The van der Waals surface area contributed by atoms with Crippen LogP contribution in [0, 0.1) is 6.92 Å². The Hall–Kier alpha value is -1.02. The fourth-order valence-corrected chi connectivity index (χ4v) is 0.742. The highest BCUT2D eigenvalue weighted by atomic mass is 16.5. The van der Waals surface area contributed by atoms with Gasteiger partial charge in [-0.15, -0.1) is 0 Å². The average molecular weight is 154 g/mol. The molecule has 0 radical (unpaired) electrons. The van der Waals surface area contributed by atoms with Crippen LogP contribution in [0.1, 0.15) is 5.56 Å². The van der Waals surface area contributed by atoms with Gasteiger partial charge >= 0.3 is 0 Å². The van der Waals surface area contributed by atoms with Gasteiger partial charge in [-0.2, -0.15) is 0 Å². The third-order valence-electron chi connectivity index (χ3n) is 1.23. The summed E-state index contributed by atoms with van der Waals surface area (Å²) in [4.78, 5) is 0. The second kappa shape index (κ2) is 5.74. The number of benzene rings is 1. The van der Waals surface area contributed by atoms with Crippen molar-refractivity contribution in [1.29, 1.82) is 0 Å². The summed E-state index contributed by atoms with van der Waals surface area (Å²) < 4.78 is 5.00. The van der Waals surface area contributed by atoms with Gasteiger partial charge in [0.1, 0.15) is 5.75 Å². The zero-order valence-electron chi connectivity index (χ0n) is 7.16. The van der Waals surface area contributed by atoms with E-state index in [-0.39, 0.29) is 0 Å². The lowest BCUT2D eigenvalue weighted by molar-refractivity contribution is 0.399. The lowest BCUT2D eigenvalue weighted by Gasteiger charge is -1.97. The minimum Gasteiger partial charge on any atom is -0.497 e. The Balaban J connectivity index is 0.000000461. The molecule has 1 aromatic rings. The van der Waals surface area contributed by atoms with Gasteiger partial charge in [-0.05, 0) is 24.6 Å². The van der Waals surface area contributed by atoms with E-state index in [0.29, 0.717) is 0 Å². The molecule has 0 amide bonds. The summed E-state index contributed by atoms with van der Waals surface area (Å²) in [5.41, 5.74) is 1.23. The van der Waals surface area contributed by atoms with E-state index in [0.717, 1.165) is 12.9 Å². The molecule has 0 aliphatic rings. The van der Waals surface area contributed by atoms with Gasteiger partial charge in [0.15, 0.2) is 0 Å². The van der Waals surface area contributed by atoms with E-state index < -0.39 is 0 Å². The summed E-state index contributed by atoms with van der Waals surface area (Å²) in [6.07, 6.45) is 0. The Labute approximate surface area is 67.4 Å². The molecule has 0 atom stereocenters. The largest absolute Gasteiger partial charge is 0.497 e. The first-order chi connectivity index (χ1) is 5.33. The van der Waals surface area contributed by atoms with E-state index >= 15 is 0 Å². The number of hydrogen-bond acceptors (Lipinski definition) is 2. The monoisotopic (exact) mass is 154 g/mol. The second-order valence-electron chi connectivity index (χ2n) is 2.02. The van der Waals surface area contributed by atoms with Crippen LogP contribution in [-0.4, -0.2) is 19.3 Å². The maximum Gasteiger partial charge on any atom is 0.119 e. The number of rotatable bonds is 1. The van der Waals surface area contributed by atoms with Crippen molar-refractivity contribution in [3.05, 3.63) is 29.8 Å². The first kappa shape index (κ1) is 9.98. The van der Waals surface area contributed by atoms with Crippen molar-refractivity contribution in [2.75, 3.05) is 14.2 Å². The van der Waals surface area contributed by atoms with Gasteiger partial charge in [-0.1, -0.05) is 12.1 Å². The highest BCUT2D eigenvalue weighted by Gasteiger charge is 1.86. The molecule has 1 N–H and O–H groups in total. The van der Waals surface area contributed by atoms with Gasteiger partial charge in [-0.3, -0.25) is 0 Å². The SMILES string of the molecule is CO.COc1cccc(C)c1. The van der Waals surface area contributed by atoms with Crippen LogP contribution in [0.15, 0.2) is 24.3 Å². The summed E-state index contributed by atoms with van der Waals surface area (Å²) >= 11 is 0. The van der Waals surface area contributed by atoms with E-state index in [9.17, 15) is 0 Å².